The van der Waals surface area contributed by atoms with Gasteiger partial charge in [0.15, 0.2) is 0 Å². The largest absolute Gasteiger partial charge is 0.309 e. The highest BCUT2D eigenvalue weighted by Crippen LogP contribution is 2.13. The number of nitrogens with one attached hydrogen (secondary N) is 1. The Balaban J connectivity index is 2.67. The minimum atomic E-state index is -3.17. The molecule has 0 aromatic heterocycles. The predicted octanol–water partition coefficient (Wildman–Crippen LogP) is 0.673. The van der Waals surface area contributed by atoms with Crippen LogP contribution in [0, 0.1) is 0 Å². The summed E-state index contributed by atoms with van der Waals surface area (Å²) in [7, 11) is -3.17. The van der Waals surface area contributed by atoms with Gasteiger partial charge in [0.05, 0.1) is 11.1 Å². The third-order valence-electron chi connectivity index (χ3n) is 1.70. The molecule has 1 heterocycles. The van der Waals surface area contributed by atoms with Crippen LogP contribution in [0.25, 0.3) is 0 Å². The van der Waals surface area contributed by atoms with Crippen molar-refractivity contribution in [2.45, 2.75) is 26.8 Å². The molecule has 0 aromatic carbocycles. The molecule has 4 nitrogen and oxygen atoms in total. The zero-order valence-electron chi connectivity index (χ0n) is 8.03. The van der Waals surface area contributed by atoms with E-state index in [1.165, 1.54) is 12.3 Å². The lowest BCUT2D eigenvalue weighted by Gasteiger charge is -2.05. The Hall–Kier alpha value is -0.680. The molecule has 0 aliphatic carbocycles. The van der Waals surface area contributed by atoms with Crippen LogP contribution in [0.1, 0.15) is 20.8 Å². The highest BCUT2D eigenvalue weighted by Gasteiger charge is 2.20. The first kappa shape index (κ1) is 10.4. The van der Waals surface area contributed by atoms with Crippen LogP contribution in [0.2, 0.25) is 0 Å². The SMILES string of the molecule is CC1=NC(CNC(C)C)=CS1(=O)=O. The van der Waals surface area contributed by atoms with Gasteiger partial charge in [-0.05, 0) is 6.92 Å². The molecule has 1 aliphatic heterocycles. The van der Waals surface area contributed by atoms with E-state index in [-0.39, 0.29) is 5.04 Å². The van der Waals surface area contributed by atoms with Crippen molar-refractivity contribution in [3.05, 3.63) is 11.1 Å². The molecule has 74 valence electrons. The van der Waals surface area contributed by atoms with Gasteiger partial charge in [0.1, 0.15) is 5.04 Å². The summed E-state index contributed by atoms with van der Waals surface area (Å²) in [6.07, 6.45) is 0. The second-order valence-electron chi connectivity index (χ2n) is 3.32. The van der Waals surface area contributed by atoms with Crippen molar-refractivity contribution in [2.75, 3.05) is 6.54 Å². The minimum Gasteiger partial charge on any atom is -0.309 e. The number of rotatable bonds is 3. The molecule has 1 N–H and O–H groups in total. The summed E-state index contributed by atoms with van der Waals surface area (Å²) in [5.74, 6) is 0. The third kappa shape index (κ3) is 2.63. The number of sulfone groups is 1. The topological polar surface area (TPSA) is 58.5 Å². The Morgan fingerprint density at radius 1 is 1.54 bits per heavy atom. The highest BCUT2D eigenvalue weighted by molar-refractivity contribution is 8.09. The molecule has 0 fully saturated rings. The second-order valence-corrected chi connectivity index (χ2v) is 5.24. The summed E-state index contributed by atoms with van der Waals surface area (Å²) in [4.78, 5) is 3.94. The van der Waals surface area contributed by atoms with Gasteiger partial charge in [0.25, 0.3) is 0 Å². The number of hydrogen-bond donors (Lipinski definition) is 1. The molecule has 0 radical (unpaired) electrons. The van der Waals surface area contributed by atoms with Gasteiger partial charge in [-0.2, -0.15) is 0 Å². The smallest absolute Gasteiger partial charge is 0.214 e. The van der Waals surface area contributed by atoms with Gasteiger partial charge in [-0.25, -0.2) is 13.4 Å². The van der Waals surface area contributed by atoms with Gasteiger partial charge in [0.2, 0.25) is 9.84 Å². The lowest BCUT2D eigenvalue weighted by Crippen LogP contribution is -2.24. The minimum absolute atomic E-state index is 0.188. The van der Waals surface area contributed by atoms with Crippen molar-refractivity contribution in [1.29, 1.82) is 0 Å². The summed E-state index contributed by atoms with van der Waals surface area (Å²) in [6, 6.07) is 0.333. The van der Waals surface area contributed by atoms with Crippen molar-refractivity contribution >= 4 is 14.9 Å². The van der Waals surface area contributed by atoms with Crippen LogP contribution in [-0.2, 0) is 9.84 Å². The fraction of sp³-hybridized carbons (Fsp3) is 0.625. The van der Waals surface area contributed by atoms with E-state index in [1.54, 1.807) is 0 Å². The molecular weight excluding hydrogens is 188 g/mol. The molecule has 1 aliphatic rings. The van der Waals surface area contributed by atoms with E-state index in [0.717, 1.165) is 0 Å². The molecule has 0 saturated carbocycles. The van der Waals surface area contributed by atoms with Gasteiger partial charge in [-0.3, -0.25) is 0 Å². The molecule has 0 bridgehead atoms. The van der Waals surface area contributed by atoms with E-state index < -0.39 is 9.84 Å². The van der Waals surface area contributed by atoms with Crippen molar-refractivity contribution in [3.8, 4) is 0 Å². The van der Waals surface area contributed by atoms with Gasteiger partial charge in [-0.15, -0.1) is 0 Å². The first-order valence-electron chi connectivity index (χ1n) is 4.16. The zero-order chi connectivity index (χ0) is 10.1. The summed E-state index contributed by atoms with van der Waals surface area (Å²) < 4.78 is 22.4. The molecular formula is C8H14N2O2S. The molecule has 0 spiro atoms. The van der Waals surface area contributed by atoms with E-state index in [4.69, 9.17) is 0 Å². The average molecular weight is 202 g/mol. The van der Waals surface area contributed by atoms with E-state index in [1.807, 2.05) is 13.8 Å². The summed E-state index contributed by atoms with van der Waals surface area (Å²) >= 11 is 0. The quantitative estimate of drug-likeness (QED) is 0.732. The summed E-state index contributed by atoms with van der Waals surface area (Å²) in [5.41, 5.74) is 0.589. The van der Waals surface area contributed by atoms with Gasteiger partial charge >= 0.3 is 0 Å². The Morgan fingerprint density at radius 2 is 2.15 bits per heavy atom. The Labute approximate surface area is 78.7 Å². The van der Waals surface area contributed by atoms with E-state index in [2.05, 4.69) is 10.3 Å². The average Bonchev–Trinajstić information content (AvgIpc) is 2.22. The molecule has 1 rings (SSSR count). The Morgan fingerprint density at radius 3 is 2.54 bits per heavy atom. The van der Waals surface area contributed by atoms with Crippen LogP contribution in [0.15, 0.2) is 16.1 Å². The summed E-state index contributed by atoms with van der Waals surface area (Å²) in [5, 5.41) is 4.51. The van der Waals surface area contributed by atoms with E-state index >= 15 is 0 Å². The second kappa shape index (κ2) is 3.59. The molecule has 0 aromatic rings. The molecule has 5 heteroatoms. The molecule has 0 atom stereocenters. The Kier molecular flexibility index (Phi) is 2.87. The van der Waals surface area contributed by atoms with Gasteiger partial charge < -0.3 is 5.32 Å². The van der Waals surface area contributed by atoms with Crippen molar-refractivity contribution in [2.24, 2.45) is 4.99 Å². The maximum absolute atomic E-state index is 11.2. The van der Waals surface area contributed by atoms with Crippen LogP contribution in [0.4, 0.5) is 0 Å². The molecule has 13 heavy (non-hydrogen) atoms. The van der Waals surface area contributed by atoms with E-state index in [0.29, 0.717) is 18.3 Å². The molecule has 0 unspecified atom stereocenters. The lowest BCUT2D eigenvalue weighted by atomic mass is 10.4. The van der Waals surface area contributed by atoms with Gasteiger partial charge in [0, 0.05) is 12.6 Å². The lowest BCUT2D eigenvalue weighted by molar-refractivity contribution is 0.613. The fourth-order valence-corrected chi connectivity index (χ4v) is 1.86. The maximum atomic E-state index is 11.2. The first-order chi connectivity index (χ1) is 5.92. The number of nitrogens with zero attached hydrogens (tertiary/aromatic N) is 1. The van der Waals surface area contributed by atoms with Crippen LogP contribution in [-0.4, -0.2) is 26.0 Å². The van der Waals surface area contributed by atoms with E-state index in [9.17, 15) is 8.42 Å². The predicted molar refractivity (Wildman–Crippen MR) is 53.3 cm³/mol. The van der Waals surface area contributed by atoms with Crippen LogP contribution >= 0.6 is 0 Å². The molecule has 0 amide bonds. The van der Waals surface area contributed by atoms with Crippen molar-refractivity contribution in [1.82, 2.24) is 5.32 Å². The van der Waals surface area contributed by atoms with Crippen molar-refractivity contribution < 1.29 is 8.42 Å². The fourth-order valence-electron chi connectivity index (χ4n) is 0.946. The Bertz CT molecular complexity index is 352. The van der Waals surface area contributed by atoms with Gasteiger partial charge in [-0.1, -0.05) is 13.8 Å². The number of hydrogen-bond acceptors (Lipinski definition) is 4. The summed E-state index contributed by atoms with van der Waals surface area (Å²) in [6.45, 7) is 6.02. The first-order valence-corrected chi connectivity index (χ1v) is 5.71. The zero-order valence-corrected chi connectivity index (χ0v) is 8.85. The standard InChI is InChI=1S/C8H14N2O2S/c1-6(2)9-4-8-5-13(11,12)7(3)10-8/h5-6,9H,4H2,1-3H3. The monoisotopic (exact) mass is 202 g/mol. The number of aliphatic imine (C=N–C) groups is 1. The van der Waals surface area contributed by atoms with Crippen LogP contribution in [0.5, 0.6) is 0 Å². The van der Waals surface area contributed by atoms with Crippen LogP contribution in [0.3, 0.4) is 0 Å². The third-order valence-corrected chi connectivity index (χ3v) is 3.19. The normalized spacial score (nSPS) is 20.3. The highest BCUT2D eigenvalue weighted by atomic mass is 32.2. The van der Waals surface area contributed by atoms with Crippen LogP contribution < -0.4 is 5.32 Å². The maximum Gasteiger partial charge on any atom is 0.214 e. The molecule has 0 saturated heterocycles. The van der Waals surface area contributed by atoms with Crippen molar-refractivity contribution in [3.63, 3.8) is 0 Å².